The van der Waals surface area contributed by atoms with Crippen LogP contribution in [0.3, 0.4) is 0 Å². The smallest absolute Gasteiger partial charge is 0.336 e. The van der Waals surface area contributed by atoms with Crippen LogP contribution in [0.5, 0.6) is 0 Å². The van der Waals surface area contributed by atoms with E-state index in [2.05, 4.69) is 15.4 Å². The second-order valence-electron chi connectivity index (χ2n) is 6.15. The highest BCUT2D eigenvalue weighted by Crippen LogP contribution is 2.42. The van der Waals surface area contributed by atoms with Gasteiger partial charge in [-0.2, -0.15) is 5.10 Å². The molecule has 0 bridgehead atoms. The highest BCUT2D eigenvalue weighted by Gasteiger charge is 2.41. The predicted molar refractivity (Wildman–Crippen MR) is 94.3 cm³/mol. The highest BCUT2D eigenvalue weighted by molar-refractivity contribution is 6.14. The van der Waals surface area contributed by atoms with Crippen LogP contribution in [0.2, 0.25) is 0 Å². The summed E-state index contributed by atoms with van der Waals surface area (Å²) in [5.74, 6) is -1.60. The molecule has 0 saturated heterocycles. The number of aromatic carboxylic acids is 1. The van der Waals surface area contributed by atoms with Crippen molar-refractivity contribution in [2.24, 2.45) is 7.05 Å². The minimum atomic E-state index is -1.13. The first kappa shape index (κ1) is 16.0. The largest absolute Gasteiger partial charge is 0.478 e. The van der Waals surface area contributed by atoms with E-state index >= 15 is 0 Å². The summed E-state index contributed by atoms with van der Waals surface area (Å²) in [6, 6.07) is 14.0. The quantitative estimate of drug-likeness (QED) is 0.755. The molecular weight excluding hydrogens is 332 g/mol. The molecule has 2 unspecified atom stereocenters. The summed E-state index contributed by atoms with van der Waals surface area (Å²) in [7, 11) is 1.72. The number of hydrogen-bond donors (Lipinski definition) is 2. The van der Waals surface area contributed by atoms with Gasteiger partial charge in [0.05, 0.1) is 17.2 Å². The summed E-state index contributed by atoms with van der Waals surface area (Å²) in [5.41, 5.74) is 1.60. The molecule has 0 spiro atoms. The average molecular weight is 348 g/mol. The van der Waals surface area contributed by atoms with Crippen LogP contribution in [-0.4, -0.2) is 31.6 Å². The van der Waals surface area contributed by atoms with Crippen LogP contribution in [0.15, 0.2) is 54.9 Å². The maximum atomic E-state index is 13.4. The number of Topliss-reactive ketones (excluding diaryl/α,β-unsaturated/α-hetero) is 1. The van der Waals surface area contributed by atoms with Crippen molar-refractivity contribution in [2.45, 2.75) is 12.0 Å². The number of carboxylic acid groups (broad SMARTS) is 1. The normalized spacial score (nSPS) is 18.9. The van der Waals surface area contributed by atoms with Crippen molar-refractivity contribution in [3.05, 3.63) is 77.4 Å². The minimum Gasteiger partial charge on any atom is -0.478 e. The summed E-state index contributed by atoms with van der Waals surface area (Å²) in [4.78, 5) is 29.3. The van der Waals surface area contributed by atoms with Crippen LogP contribution in [-0.2, 0) is 7.05 Å². The van der Waals surface area contributed by atoms with Gasteiger partial charge in [0.15, 0.2) is 5.78 Å². The minimum absolute atomic E-state index is 0.0151. The first-order valence-corrected chi connectivity index (χ1v) is 8.14. The molecule has 0 fully saturated rings. The Balaban J connectivity index is 1.93. The van der Waals surface area contributed by atoms with Crippen molar-refractivity contribution in [3.63, 3.8) is 0 Å². The molecule has 2 aromatic carbocycles. The number of carboxylic acids is 1. The number of anilines is 1. The Morgan fingerprint density at radius 2 is 1.92 bits per heavy atom. The SMILES string of the molecule is Cn1ncnc1C1C(=O)c2c(cccc2C(=O)O)NC1c1ccccc1. The standard InChI is InChI=1S/C19H16N4O3/c1-23-18(20-10-21-23)15-16(11-6-3-2-4-7-11)22-13-9-5-8-12(19(25)26)14(13)17(15)24/h2-10,15-16,22H,1H3,(H,25,26). The van der Waals surface area contributed by atoms with Crippen molar-refractivity contribution in [3.8, 4) is 0 Å². The average Bonchev–Trinajstić information content (AvgIpc) is 3.07. The third-order valence-electron chi connectivity index (χ3n) is 4.65. The van der Waals surface area contributed by atoms with E-state index in [1.807, 2.05) is 30.3 Å². The number of carbonyl (C=O) groups excluding carboxylic acids is 1. The van der Waals surface area contributed by atoms with Crippen molar-refractivity contribution < 1.29 is 14.7 Å². The number of benzene rings is 2. The van der Waals surface area contributed by atoms with E-state index in [1.54, 1.807) is 23.9 Å². The van der Waals surface area contributed by atoms with E-state index in [0.29, 0.717) is 11.5 Å². The summed E-state index contributed by atoms with van der Waals surface area (Å²) in [6.07, 6.45) is 1.39. The summed E-state index contributed by atoms with van der Waals surface area (Å²) in [5, 5.41) is 16.9. The molecule has 0 aliphatic carbocycles. The number of aryl methyl sites for hydroxylation is 1. The number of carbonyl (C=O) groups is 2. The summed E-state index contributed by atoms with van der Waals surface area (Å²) < 4.78 is 1.55. The van der Waals surface area contributed by atoms with E-state index in [4.69, 9.17) is 0 Å². The molecule has 7 nitrogen and oxygen atoms in total. The fraction of sp³-hybridized carbons (Fsp3) is 0.158. The third kappa shape index (κ3) is 2.45. The summed E-state index contributed by atoms with van der Waals surface area (Å²) >= 11 is 0. The van der Waals surface area contributed by atoms with Crippen molar-refractivity contribution in [1.29, 1.82) is 0 Å². The molecule has 1 aliphatic rings. The Labute approximate surface area is 149 Å². The molecule has 0 amide bonds. The van der Waals surface area contributed by atoms with Gasteiger partial charge in [0.2, 0.25) is 0 Å². The second kappa shape index (κ2) is 6.11. The molecule has 1 aliphatic heterocycles. The molecule has 7 heteroatoms. The fourth-order valence-corrected chi connectivity index (χ4v) is 3.46. The predicted octanol–water partition coefficient (Wildman–Crippen LogP) is 2.65. The van der Waals surface area contributed by atoms with Crippen molar-refractivity contribution >= 4 is 17.4 Å². The molecule has 4 rings (SSSR count). The third-order valence-corrected chi connectivity index (χ3v) is 4.65. The molecule has 2 N–H and O–H groups in total. The molecule has 0 saturated carbocycles. The van der Waals surface area contributed by atoms with Gasteiger partial charge >= 0.3 is 5.97 Å². The van der Waals surface area contributed by atoms with Crippen LogP contribution in [0, 0.1) is 0 Å². The lowest BCUT2D eigenvalue weighted by Crippen LogP contribution is -2.34. The maximum absolute atomic E-state index is 13.4. The van der Waals surface area contributed by atoms with Crippen LogP contribution in [0.1, 0.15) is 44.1 Å². The topological polar surface area (TPSA) is 97.1 Å². The van der Waals surface area contributed by atoms with E-state index in [1.165, 1.54) is 12.4 Å². The molecule has 2 heterocycles. The fourth-order valence-electron chi connectivity index (χ4n) is 3.46. The lowest BCUT2D eigenvalue weighted by molar-refractivity contribution is 0.0690. The number of nitrogens with zero attached hydrogens (tertiary/aromatic N) is 3. The number of rotatable bonds is 3. The van der Waals surface area contributed by atoms with Gasteiger partial charge in [0.25, 0.3) is 0 Å². The van der Waals surface area contributed by atoms with Crippen LogP contribution < -0.4 is 5.32 Å². The molecular formula is C19H16N4O3. The van der Waals surface area contributed by atoms with Crippen LogP contribution in [0.4, 0.5) is 5.69 Å². The zero-order valence-electron chi connectivity index (χ0n) is 14.0. The van der Waals surface area contributed by atoms with Crippen molar-refractivity contribution in [2.75, 3.05) is 5.32 Å². The number of aromatic nitrogens is 3. The summed E-state index contributed by atoms with van der Waals surface area (Å²) in [6.45, 7) is 0. The first-order chi connectivity index (χ1) is 12.6. The van der Waals surface area contributed by atoms with Gasteiger partial charge in [-0.05, 0) is 17.7 Å². The first-order valence-electron chi connectivity index (χ1n) is 8.14. The van der Waals surface area contributed by atoms with Crippen molar-refractivity contribution in [1.82, 2.24) is 14.8 Å². The number of fused-ring (bicyclic) bond motifs is 1. The zero-order valence-corrected chi connectivity index (χ0v) is 14.0. The van der Waals surface area contributed by atoms with Gasteiger partial charge in [0, 0.05) is 12.7 Å². The van der Waals surface area contributed by atoms with Gasteiger partial charge in [0.1, 0.15) is 18.1 Å². The molecule has 130 valence electrons. The molecule has 1 aromatic heterocycles. The van der Waals surface area contributed by atoms with Gasteiger partial charge in [-0.1, -0.05) is 36.4 Å². The van der Waals surface area contributed by atoms with E-state index in [9.17, 15) is 14.7 Å². The van der Waals surface area contributed by atoms with Crippen LogP contribution in [0.25, 0.3) is 0 Å². The van der Waals surface area contributed by atoms with Gasteiger partial charge in [-0.25, -0.2) is 9.78 Å². The number of nitrogens with one attached hydrogen (secondary N) is 1. The van der Waals surface area contributed by atoms with Crippen LogP contribution >= 0.6 is 0 Å². The van der Waals surface area contributed by atoms with Gasteiger partial charge in [-0.15, -0.1) is 0 Å². The van der Waals surface area contributed by atoms with E-state index in [0.717, 1.165) is 5.56 Å². The second-order valence-corrected chi connectivity index (χ2v) is 6.15. The Bertz CT molecular complexity index is 997. The number of hydrogen-bond acceptors (Lipinski definition) is 5. The van der Waals surface area contributed by atoms with Gasteiger partial charge in [-0.3, -0.25) is 9.48 Å². The molecule has 2 atom stereocenters. The van der Waals surface area contributed by atoms with E-state index in [-0.39, 0.29) is 23.0 Å². The lowest BCUT2D eigenvalue weighted by atomic mass is 9.80. The monoisotopic (exact) mass is 348 g/mol. The highest BCUT2D eigenvalue weighted by atomic mass is 16.4. The molecule has 26 heavy (non-hydrogen) atoms. The van der Waals surface area contributed by atoms with Gasteiger partial charge < -0.3 is 10.4 Å². The Hall–Kier alpha value is -3.48. The Morgan fingerprint density at radius 1 is 1.15 bits per heavy atom. The Kier molecular flexibility index (Phi) is 3.76. The Morgan fingerprint density at radius 3 is 2.58 bits per heavy atom. The van der Waals surface area contributed by atoms with E-state index < -0.39 is 11.9 Å². The zero-order chi connectivity index (χ0) is 18.3. The molecule has 0 radical (unpaired) electrons. The lowest BCUT2D eigenvalue weighted by Gasteiger charge is -2.33. The molecule has 3 aromatic rings. The number of ketones is 1. The maximum Gasteiger partial charge on any atom is 0.336 e.